The van der Waals surface area contributed by atoms with Crippen LogP contribution in [0.5, 0.6) is 0 Å². The second-order valence-corrected chi connectivity index (χ2v) is 11.0. The lowest BCUT2D eigenvalue weighted by atomic mass is 9.95. The first kappa shape index (κ1) is 23.9. The molecule has 2 atom stereocenters. The highest BCUT2D eigenvalue weighted by molar-refractivity contribution is 7.89. The minimum atomic E-state index is -4.73. The van der Waals surface area contributed by atoms with E-state index in [1.165, 1.54) is 0 Å². The van der Waals surface area contributed by atoms with Crippen LogP contribution in [0.3, 0.4) is 0 Å². The predicted molar refractivity (Wildman–Crippen MR) is 119 cm³/mol. The van der Waals surface area contributed by atoms with Crippen LogP contribution in [0.4, 0.5) is 8.78 Å². The number of nitriles is 1. The van der Waals surface area contributed by atoms with Crippen LogP contribution in [0.2, 0.25) is 0 Å². The normalized spacial score (nSPS) is 25.3. The molecule has 9 nitrogen and oxygen atoms in total. The summed E-state index contributed by atoms with van der Waals surface area (Å²) in [6, 6.07) is 1.83. The largest absolute Gasteiger partial charge is 0.390 e. The van der Waals surface area contributed by atoms with Crippen LogP contribution in [0.1, 0.15) is 61.5 Å². The molecule has 0 radical (unpaired) electrons. The van der Waals surface area contributed by atoms with Crippen molar-refractivity contribution >= 4 is 16.0 Å². The first-order valence-electron chi connectivity index (χ1n) is 11.3. The number of aliphatic hydroxyl groups is 1. The van der Waals surface area contributed by atoms with Gasteiger partial charge in [-0.3, -0.25) is 15.1 Å². The molecule has 1 aliphatic carbocycles. The Kier molecular flexibility index (Phi) is 6.41. The Morgan fingerprint density at radius 2 is 2.15 bits per heavy atom. The van der Waals surface area contributed by atoms with E-state index in [0.717, 1.165) is 49.1 Å². The molecule has 4 rings (SSSR count). The second kappa shape index (κ2) is 8.85. The molecule has 2 aliphatic heterocycles. The molecule has 1 saturated carbocycles. The Morgan fingerprint density at radius 3 is 2.73 bits per heavy atom. The highest BCUT2D eigenvalue weighted by Crippen LogP contribution is 2.53. The SMILES string of the molecule is CCC1(c2c(C#N)c(C)c3n2NC(N[C@@H]2CCN(S(=O)(=O)C(F)F)C[C@H]2O)=NCCC3)CC1. The number of sulfonamides is 1. The van der Waals surface area contributed by atoms with E-state index in [-0.39, 0.29) is 18.4 Å². The van der Waals surface area contributed by atoms with Gasteiger partial charge in [-0.05, 0) is 51.0 Å². The minimum absolute atomic E-state index is 0.0418. The summed E-state index contributed by atoms with van der Waals surface area (Å²) in [6.45, 7) is 4.09. The topological polar surface area (TPSA) is 123 Å². The van der Waals surface area contributed by atoms with Crippen LogP contribution in [0.15, 0.2) is 4.99 Å². The molecule has 1 saturated heterocycles. The van der Waals surface area contributed by atoms with Crippen molar-refractivity contribution in [2.75, 3.05) is 25.1 Å². The summed E-state index contributed by atoms with van der Waals surface area (Å²) in [6.07, 6.45) is 3.48. The molecule has 1 aromatic rings. The number of β-amino-alcohol motifs (C(OH)–C–C–N with tert-alkyl or cyclic N) is 1. The van der Waals surface area contributed by atoms with Crippen LogP contribution in [0.25, 0.3) is 0 Å². The number of hydrogen-bond donors (Lipinski definition) is 3. The van der Waals surface area contributed by atoms with Crippen molar-refractivity contribution in [2.24, 2.45) is 4.99 Å². The number of rotatable bonds is 5. The van der Waals surface area contributed by atoms with Gasteiger partial charge in [0.05, 0.1) is 23.4 Å². The number of hydrogen-bond acceptors (Lipinski definition) is 7. The van der Waals surface area contributed by atoms with Crippen molar-refractivity contribution in [1.82, 2.24) is 14.3 Å². The monoisotopic (exact) mass is 484 g/mol. The Morgan fingerprint density at radius 1 is 1.42 bits per heavy atom. The van der Waals surface area contributed by atoms with Crippen LogP contribution in [-0.4, -0.2) is 66.0 Å². The number of aromatic nitrogens is 1. The van der Waals surface area contributed by atoms with E-state index in [2.05, 4.69) is 28.7 Å². The third-order valence-corrected chi connectivity index (χ3v) is 8.70. The van der Waals surface area contributed by atoms with E-state index >= 15 is 0 Å². The molecular weight excluding hydrogens is 454 g/mol. The summed E-state index contributed by atoms with van der Waals surface area (Å²) in [5, 5.41) is 23.6. The van der Waals surface area contributed by atoms with E-state index < -0.39 is 34.5 Å². The molecule has 182 valence electrons. The van der Waals surface area contributed by atoms with Gasteiger partial charge in [-0.2, -0.15) is 18.3 Å². The first-order chi connectivity index (χ1) is 15.6. The van der Waals surface area contributed by atoms with Crippen molar-refractivity contribution in [3.05, 3.63) is 22.5 Å². The number of halogens is 2. The van der Waals surface area contributed by atoms with Crippen molar-refractivity contribution < 1.29 is 22.3 Å². The standard InChI is InChI=1S/C21H30F2N6O3S/c1-3-21(7-8-21)18-14(11-24)13(2)16-5-4-9-25-20(27-29(16)18)26-15-6-10-28(12-17(15)30)33(31,32)19(22)23/h15,17,19,30H,3-10,12H2,1-2H3,(H2,25,26,27)/t15-,17-/m1/s1. The molecule has 0 spiro atoms. The molecule has 3 aliphatic rings. The van der Waals surface area contributed by atoms with Gasteiger partial charge in [0, 0.05) is 30.7 Å². The quantitative estimate of drug-likeness (QED) is 0.583. The average Bonchev–Trinajstić information content (AvgIpc) is 3.51. The van der Waals surface area contributed by atoms with Crippen LogP contribution in [0, 0.1) is 18.3 Å². The Hall–Kier alpha value is -2.23. The molecule has 2 fully saturated rings. The summed E-state index contributed by atoms with van der Waals surface area (Å²) in [5.74, 6) is -3.10. The fourth-order valence-corrected chi connectivity index (χ4v) is 5.90. The van der Waals surface area contributed by atoms with Crippen molar-refractivity contribution in [3.8, 4) is 6.07 Å². The Bertz CT molecular complexity index is 1090. The third-order valence-electron chi connectivity index (χ3n) is 7.19. The maximum Gasteiger partial charge on any atom is 0.350 e. The van der Waals surface area contributed by atoms with Gasteiger partial charge < -0.3 is 10.4 Å². The molecule has 12 heteroatoms. The molecule has 33 heavy (non-hydrogen) atoms. The zero-order valence-electron chi connectivity index (χ0n) is 18.8. The minimum Gasteiger partial charge on any atom is -0.390 e. The van der Waals surface area contributed by atoms with Crippen molar-refractivity contribution in [1.29, 1.82) is 5.26 Å². The fourth-order valence-electron chi connectivity index (χ4n) is 4.95. The number of fused-ring (bicyclic) bond motifs is 1. The number of aliphatic imine (C=N–C) groups is 1. The first-order valence-corrected chi connectivity index (χ1v) is 12.8. The van der Waals surface area contributed by atoms with E-state index in [4.69, 9.17) is 0 Å². The summed E-state index contributed by atoms with van der Waals surface area (Å²) in [4.78, 5) is 4.57. The lowest BCUT2D eigenvalue weighted by Gasteiger charge is -2.36. The maximum absolute atomic E-state index is 12.9. The predicted octanol–water partition coefficient (Wildman–Crippen LogP) is 1.53. The van der Waals surface area contributed by atoms with Gasteiger partial charge in [0.15, 0.2) is 0 Å². The number of nitrogens with zero attached hydrogens (tertiary/aromatic N) is 4. The van der Waals surface area contributed by atoms with Crippen LogP contribution in [-0.2, 0) is 21.9 Å². The molecule has 0 unspecified atom stereocenters. The zero-order chi connectivity index (χ0) is 24.0. The van der Waals surface area contributed by atoms with E-state index in [0.29, 0.717) is 22.4 Å². The van der Waals surface area contributed by atoms with E-state index in [1.807, 2.05) is 11.6 Å². The van der Waals surface area contributed by atoms with Gasteiger partial charge in [0.25, 0.3) is 10.0 Å². The molecular formula is C21H30F2N6O3S. The maximum atomic E-state index is 12.9. The molecule has 0 aromatic carbocycles. The number of nitrogens with one attached hydrogen (secondary N) is 2. The zero-order valence-corrected chi connectivity index (χ0v) is 19.6. The summed E-state index contributed by atoms with van der Waals surface area (Å²) < 4.78 is 51.9. The third kappa shape index (κ3) is 4.22. The molecule has 3 N–H and O–H groups in total. The van der Waals surface area contributed by atoms with Crippen LogP contribution < -0.4 is 10.7 Å². The summed E-state index contributed by atoms with van der Waals surface area (Å²) in [7, 11) is -4.73. The molecule has 0 bridgehead atoms. The number of piperidine rings is 1. The number of guanidine groups is 1. The second-order valence-electron chi connectivity index (χ2n) is 9.09. The Balaban J connectivity index is 1.57. The van der Waals surface area contributed by atoms with Gasteiger partial charge in [-0.25, -0.2) is 8.42 Å². The highest BCUT2D eigenvalue weighted by atomic mass is 32.2. The van der Waals surface area contributed by atoms with Crippen molar-refractivity contribution in [3.63, 3.8) is 0 Å². The molecule has 1 aromatic heterocycles. The van der Waals surface area contributed by atoms with Gasteiger partial charge in [-0.15, -0.1) is 0 Å². The number of alkyl halides is 2. The number of aliphatic hydroxyl groups excluding tert-OH is 1. The lowest BCUT2D eigenvalue weighted by molar-refractivity contribution is 0.0762. The van der Waals surface area contributed by atoms with Gasteiger partial charge in [0.1, 0.15) is 6.07 Å². The van der Waals surface area contributed by atoms with Crippen LogP contribution >= 0.6 is 0 Å². The van der Waals surface area contributed by atoms with Crippen molar-refractivity contribution in [2.45, 2.75) is 75.7 Å². The summed E-state index contributed by atoms with van der Waals surface area (Å²) >= 11 is 0. The fraction of sp³-hybridized carbons (Fsp3) is 0.714. The van der Waals surface area contributed by atoms with E-state index in [1.54, 1.807) is 0 Å². The Labute approximate surface area is 192 Å². The smallest absolute Gasteiger partial charge is 0.350 e. The lowest BCUT2D eigenvalue weighted by Crippen LogP contribution is -2.57. The molecule has 3 heterocycles. The van der Waals surface area contributed by atoms with Gasteiger partial charge in [0.2, 0.25) is 5.96 Å². The highest BCUT2D eigenvalue weighted by Gasteiger charge is 2.48. The summed E-state index contributed by atoms with van der Waals surface area (Å²) in [5.41, 5.74) is 6.94. The van der Waals surface area contributed by atoms with Gasteiger partial charge in [-0.1, -0.05) is 6.92 Å². The van der Waals surface area contributed by atoms with E-state index in [9.17, 15) is 27.6 Å². The molecule has 0 amide bonds. The van der Waals surface area contributed by atoms with Gasteiger partial charge >= 0.3 is 5.76 Å². The average molecular weight is 485 g/mol.